The molecular formula is C22H26CaO6. The van der Waals surface area contributed by atoms with Crippen LogP contribution in [0.3, 0.4) is 0 Å². The molecule has 0 spiro atoms. The molecule has 2 aromatic rings. The van der Waals surface area contributed by atoms with E-state index in [-0.39, 0.29) is 37.7 Å². The Morgan fingerprint density at radius 2 is 1.00 bits per heavy atom. The van der Waals surface area contributed by atoms with Crippen LogP contribution in [-0.4, -0.2) is 62.9 Å². The van der Waals surface area contributed by atoms with E-state index >= 15 is 0 Å². The van der Waals surface area contributed by atoms with E-state index in [0.29, 0.717) is 24.3 Å². The first-order valence-corrected chi connectivity index (χ1v) is 9.04. The van der Waals surface area contributed by atoms with Crippen molar-refractivity contribution in [2.45, 2.75) is 38.9 Å². The van der Waals surface area contributed by atoms with Crippen molar-refractivity contribution in [3.63, 3.8) is 0 Å². The molecule has 0 saturated heterocycles. The number of hydrogen-bond acceptors (Lipinski definition) is 6. The molecule has 0 heterocycles. The molecular weight excluding hydrogens is 400 g/mol. The number of aliphatic carboxylic acids is 2. The fourth-order valence-electron chi connectivity index (χ4n) is 2.61. The van der Waals surface area contributed by atoms with Crippen molar-refractivity contribution in [1.29, 1.82) is 0 Å². The van der Waals surface area contributed by atoms with Gasteiger partial charge in [0.05, 0.1) is 11.9 Å². The van der Waals surface area contributed by atoms with Gasteiger partial charge in [0.15, 0.2) is 0 Å². The fraction of sp³-hybridized carbons (Fsp3) is 0.364. The summed E-state index contributed by atoms with van der Waals surface area (Å²) < 4.78 is 10.4. The number of carboxylic acid groups (broad SMARTS) is 2. The Labute approximate surface area is 201 Å². The first-order valence-electron chi connectivity index (χ1n) is 9.04. The minimum atomic E-state index is -1.35. The van der Waals surface area contributed by atoms with E-state index in [1.165, 1.54) is 13.8 Å². The molecule has 0 aliphatic heterocycles. The topological polar surface area (TPSA) is 98.7 Å². The Hall–Kier alpha value is -1.44. The minimum Gasteiger partial charge on any atom is -0.547 e. The molecule has 0 aliphatic carbocycles. The fourth-order valence-corrected chi connectivity index (χ4v) is 2.61. The zero-order chi connectivity index (χ0) is 21.2. The summed E-state index contributed by atoms with van der Waals surface area (Å²) >= 11 is 0. The number of hydrogen-bond donors (Lipinski definition) is 0. The number of rotatable bonds is 8. The Bertz CT molecular complexity index is 687. The van der Waals surface area contributed by atoms with Crippen LogP contribution in [0.5, 0.6) is 0 Å². The predicted molar refractivity (Wildman–Crippen MR) is 107 cm³/mol. The maximum absolute atomic E-state index is 11.0. The summed E-state index contributed by atoms with van der Waals surface area (Å²) in [5, 5.41) is 22.0. The van der Waals surface area contributed by atoms with Crippen LogP contribution in [0.4, 0.5) is 0 Å². The van der Waals surface area contributed by atoms with Crippen LogP contribution in [0.15, 0.2) is 60.7 Å². The van der Waals surface area contributed by atoms with Crippen molar-refractivity contribution in [1.82, 2.24) is 0 Å². The number of carbonyl (C=O) groups is 2. The number of ether oxygens (including phenoxy) is 2. The summed E-state index contributed by atoms with van der Waals surface area (Å²) in [4.78, 5) is 22.0. The monoisotopic (exact) mass is 426 g/mol. The van der Waals surface area contributed by atoms with Gasteiger partial charge in [-0.25, -0.2) is 0 Å². The Kier molecular flexibility index (Phi) is 12.3. The van der Waals surface area contributed by atoms with Crippen LogP contribution >= 0.6 is 0 Å². The van der Waals surface area contributed by atoms with E-state index in [1.807, 2.05) is 12.1 Å². The van der Waals surface area contributed by atoms with Gasteiger partial charge >= 0.3 is 37.7 Å². The van der Waals surface area contributed by atoms with Gasteiger partial charge in [0.25, 0.3) is 0 Å². The molecule has 0 bridgehead atoms. The molecule has 29 heavy (non-hydrogen) atoms. The number of carbonyl (C=O) groups excluding carboxylic acids is 2. The van der Waals surface area contributed by atoms with Gasteiger partial charge in [-0.1, -0.05) is 60.7 Å². The average molecular weight is 427 g/mol. The van der Waals surface area contributed by atoms with Crippen LogP contribution in [0.25, 0.3) is 0 Å². The van der Waals surface area contributed by atoms with Crippen LogP contribution in [0.2, 0.25) is 0 Å². The third-order valence-corrected chi connectivity index (χ3v) is 4.29. The van der Waals surface area contributed by atoms with Crippen molar-refractivity contribution < 1.29 is 29.3 Å². The van der Waals surface area contributed by atoms with E-state index in [9.17, 15) is 19.8 Å². The molecule has 7 heteroatoms. The molecule has 2 aromatic carbocycles. The molecule has 0 N–H and O–H groups in total. The third-order valence-electron chi connectivity index (χ3n) is 4.29. The van der Waals surface area contributed by atoms with E-state index in [2.05, 4.69) is 0 Å². The largest absolute Gasteiger partial charge is 2.00 e. The first kappa shape index (κ1) is 27.6. The third kappa shape index (κ3) is 7.39. The maximum Gasteiger partial charge on any atom is 2.00 e. The van der Waals surface area contributed by atoms with E-state index in [4.69, 9.17) is 9.47 Å². The van der Waals surface area contributed by atoms with Crippen molar-refractivity contribution in [3.05, 3.63) is 71.8 Å². The summed E-state index contributed by atoms with van der Waals surface area (Å²) in [5.74, 6) is -2.43. The van der Waals surface area contributed by atoms with Crippen LogP contribution in [0.1, 0.15) is 38.8 Å². The SMILES string of the molecule is CCOC(C)(C(=O)[O-])c1ccccc1.CCOC(C)(C(=O)[O-])c1ccccc1.[Ca+2]. The maximum atomic E-state index is 11.0. The normalized spacial score (nSPS) is 14.2. The van der Waals surface area contributed by atoms with Crippen LogP contribution in [0, 0.1) is 0 Å². The van der Waals surface area contributed by atoms with E-state index in [0.717, 1.165) is 0 Å². The zero-order valence-electron chi connectivity index (χ0n) is 17.3. The van der Waals surface area contributed by atoms with Crippen molar-refractivity contribution in [3.8, 4) is 0 Å². The second kappa shape index (κ2) is 13.0. The van der Waals surface area contributed by atoms with Gasteiger partial charge in [0.2, 0.25) is 0 Å². The number of carboxylic acids is 2. The summed E-state index contributed by atoms with van der Waals surface area (Å²) in [6.45, 7) is 7.18. The second-order valence-electron chi connectivity index (χ2n) is 6.24. The molecule has 152 valence electrons. The molecule has 0 saturated carbocycles. The second-order valence-corrected chi connectivity index (χ2v) is 6.24. The quantitative estimate of drug-likeness (QED) is 0.584. The molecule has 0 radical (unpaired) electrons. The van der Waals surface area contributed by atoms with Gasteiger partial charge < -0.3 is 29.3 Å². The van der Waals surface area contributed by atoms with Gasteiger partial charge in [-0.15, -0.1) is 0 Å². The molecule has 2 unspecified atom stereocenters. The smallest absolute Gasteiger partial charge is 0.547 e. The summed E-state index contributed by atoms with van der Waals surface area (Å²) in [7, 11) is 0. The standard InChI is InChI=1S/2C11H14O3.Ca/c2*1-3-14-11(2,10(12)13)9-7-5-4-6-8-9;/h2*4-8H,3H2,1-2H3,(H,12,13);/q;;+2/p-2. The Morgan fingerprint density at radius 1 is 0.724 bits per heavy atom. The van der Waals surface area contributed by atoms with Crippen molar-refractivity contribution >= 4 is 49.7 Å². The van der Waals surface area contributed by atoms with Crippen LogP contribution in [-0.2, 0) is 30.3 Å². The van der Waals surface area contributed by atoms with Gasteiger partial charge in [-0.2, -0.15) is 0 Å². The first-order chi connectivity index (χ1) is 13.2. The molecule has 0 amide bonds. The van der Waals surface area contributed by atoms with Gasteiger partial charge in [0.1, 0.15) is 11.2 Å². The summed E-state index contributed by atoms with van der Waals surface area (Å²) in [6, 6.07) is 17.6. The van der Waals surface area contributed by atoms with Gasteiger partial charge in [-0.3, -0.25) is 0 Å². The summed E-state index contributed by atoms with van der Waals surface area (Å²) in [6.07, 6.45) is 0. The van der Waals surface area contributed by atoms with Crippen molar-refractivity contribution in [2.24, 2.45) is 0 Å². The van der Waals surface area contributed by atoms with Crippen molar-refractivity contribution in [2.75, 3.05) is 13.2 Å². The predicted octanol–water partition coefficient (Wildman–Crippen LogP) is 0.996. The minimum absolute atomic E-state index is 0. The Morgan fingerprint density at radius 3 is 1.21 bits per heavy atom. The molecule has 0 fully saturated rings. The van der Waals surface area contributed by atoms with Gasteiger partial charge in [-0.05, 0) is 38.8 Å². The molecule has 2 rings (SSSR count). The Balaban J connectivity index is 0.000000523. The van der Waals surface area contributed by atoms with E-state index in [1.54, 1.807) is 62.4 Å². The van der Waals surface area contributed by atoms with Gasteiger partial charge in [0, 0.05) is 13.2 Å². The zero-order valence-corrected chi connectivity index (χ0v) is 19.6. The molecule has 6 nitrogen and oxygen atoms in total. The molecule has 0 aromatic heterocycles. The van der Waals surface area contributed by atoms with Crippen LogP contribution < -0.4 is 10.2 Å². The molecule has 0 aliphatic rings. The van der Waals surface area contributed by atoms with E-state index < -0.39 is 23.1 Å². The number of benzene rings is 2. The summed E-state index contributed by atoms with van der Waals surface area (Å²) in [5.41, 5.74) is -1.50. The molecule has 2 atom stereocenters. The average Bonchev–Trinajstić information content (AvgIpc) is 2.70.